The molecule has 5 aromatic rings. The summed E-state index contributed by atoms with van der Waals surface area (Å²) in [6.07, 6.45) is 1.54. The van der Waals surface area contributed by atoms with Crippen molar-refractivity contribution in [3.8, 4) is 16.9 Å². The van der Waals surface area contributed by atoms with E-state index in [1.165, 1.54) is 11.3 Å². The maximum absolute atomic E-state index is 13.4. The van der Waals surface area contributed by atoms with Crippen molar-refractivity contribution in [2.75, 3.05) is 4.72 Å². The molecule has 2 aromatic heterocycles. The zero-order valence-corrected chi connectivity index (χ0v) is 18.2. The minimum atomic E-state index is -3.93. The molecule has 2 heterocycles. The van der Waals surface area contributed by atoms with Crippen LogP contribution in [0.2, 0.25) is 0 Å². The number of benzene rings is 3. The number of aromatic nitrogens is 3. The van der Waals surface area contributed by atoms with Crippen LogP contribution in [0.4, 0.5) is 5.13 Å². The summed E-state index contributed by atoms with van der Waals surface area (Å²) in [5, 5.41) is 4.93. The maximum Gasteiger partial charge on any atom is 0.267 e. The second-order valence-electron chi connectivity index (χ2n) is 7.03. The molecule has 0 saturated heterocycles. The summed E-state index contributed by atoms with van der Waals surface area (Å²) in [5.74, 6) is 0. The monoisotopic (exact) mass is 446 g/mol. The van der Waals surface area contributed by atoms with Crippen LogP contribution in [0.25, 0.3) is 27.2 Å². The Morgan fingerprint density at radius 1 is 0.903 bits per heavy atom. The summed E-state index contributed by atoms with van der Waals surface area (Å²) in [5.41, 5.74) is 3.68. The molecular formula is C23H18N4O2S2. The molecule has 0 saturated carbocycles. The van der Waals surface area contributed by atoms with Crippen LogP contribution in [0.3, 0.4) is 0 Å². The van der Waals surface area contributed by atoms with E-state index in [4.69, 9.17) is 0 Å². The van der Waals surface area contributed by atoms with Gasteiger partial charge in [-0.3, -0.25) is 4.72 Å². The zero-order valence-electron chi connectivity index (χ0n) is 16.6. The van der Waals surface area contributed by atoms with Crippen LogP contribution in [0.1, 0.15) is 5.56 Å². The number of para-hydroxylation sites is 2. The van der Waals surface area contributed by atoms with Crippen molar-refractivity contribution < 1.29 is 8.42 Å². The largest absolute Gasteiger partial charge is 0.267 e. The first-order chi connectivity index (χ1) is 15.0. The van der Waals surface area contributed by atoms with Gasteiger partial charge in [0, 0.05) is 5.56 Å². The van der Waals surface area contributed by atoms with Crippen molar-refractivity contribution in [2.24, 2.45) is 0 Å². The molecule has 0 aliphatic rings. The van der Waals surface area contributed by atoms with E-state index < -0.39 is 10.0 Å². The van der Waals surface area contributed by atoms with Gasteiger partial charge in [-0.15, -0.1) is 0 Å². The molecule has 8 heteroatoms. The lowest BCUT2D eigenvalue weighted by Crippen LogP contribution is -2.13. The van der Waals surface area contributed by atoms with Crippen LogP contribution in [0, 0.1) is 6.92 Å². The van der Waals surface area contributed by atoms with Crippen molar-refractivity contribution in [1.29, 1.82) is 0 Å². The van der Waals surface area contributed by atoms with Gasteiger partial charge in [-0.2, -0.15) is 5.10 Å². The summed E-state index contributed by atoms with van der Waals surface area (Å²) in [6, 6.07) is 24.5. The van der Waals surface area contributed by atoms with E-state index in [1.54, 1.807) is 10.9 Å². The summed E-state index contributed by atoms with van der Waals surface area (Å²) >= 11 is 1.31. The van der Waals surface area contributed by atoms with E-state index in [0.717, 1.165) is 27.0 Å². The van der Waals surface area contributed by atoms with Gasteiger partial charge in [0.2, 0.25) is 0 Å². The van der Waals surface area contributed by atoms with Gasteiger partial charge in [0.25, 0.3) is 10.0 Å². The third-order valence-electron chi connectivity index (χ3n) is 4.88. The van der Waals surface area contributed by atoms with Gasteiger partial charge in [0.05, 0.1) is 22.1 Å². The Morgan fingerprint density at radius 3 is 2.32 bits per heavy atom. The van der Waals surface area contributed by atoms with Crippen LogP contribution in [0.15, 0.2) is 90.0 Å². The lowest BCUT2D eigenvalue weighted by Gasteiger charge is -2.05. The van der Waals surface area contributed by atoms with Crippen molar-refractivity contribution in [1.82, 2.24) is 14.8 Å². The molecule has 0 unspecified atom stereocenters. The molecule has 0 fully saturated rings. The summed E-state index contributed by atoms with van der Waals surface area (Å²) in [4.78, 5) is 4.59. The SMILES string of the molecule is Cc1cccc2sc(NS(=O)(=O)c3cn(-c4ccccc4)nc3-c3ccccc3)nc12. The Kier molecular flexibility index (Phi) is 4.80. The molecule has 3 aromatic carbocycles. The Balaban J connectivity index is 1.61. The molecule has 31 heavy (non-hydrogen) atoms. The number of hydrogen-bond acceptors (Lipinski definition) is 5. The van der Waals surface area contributed by atoms with Gasteiger partial charge in [-0.25, -0.2) is 18.1 Å². The van der Waals surface area contributed by atoms with Crippen LogP contribution in [0.5, 0.6) is 0 Å². The van der Waals surface area contributed by atoms with Crippen molar-refractivity contribution >= 4 is 36.7 Å². The summed E-state index contributed by atoms with van der Waals surface area (Å²) in [7, 11) is -3.93. The first-order valence-corrected chi connectivity index (χ1v) is 11.9. The number of aryl methyl sites for hydroxylation is 1. The molecule has 6 nitrogen and oxygen atoms in total. The lowest BCUT2D eigenvalue weighted by molar-refractivity contribution is 0.601. The van der Waals surface area contributed by atoms with E-state index in [9.17, 15) is 8.42 Å². The number of fused-ring (bicyclic) bond motifs is 1. The number of hydrogen-bond donors (Lipinski definition) is 1. The third-order valence-corrected chi connectivity index (χ3v) is 7.29. The summed E-state index contributed by atoms with van der Waals surface area (Å²) in [6.45, 7) is 1.96. The second kappa shape index (κ2) is 7.64. The minimum Gasteiger partial charge on any atom is -0.254 e. The highest BCUT2D eigenvalue weighted by atomic mass is 32.2. The number of anilines is 1. The van der Waals surface area contributed by atoms with Gasteiger partial charge in [0.15, 0.2) is 5.13 Å². The number of sulfonamides is 1. The number of nitrogens with one attached hydrogen (secondary N) is 1. The van der Waals surface area contributed by atoms with Gasteiger partial charge >= 0.3 is 0 Å². The Bertz CT molecular complexity index is 1470. The molecule has 0 bridgehead atoms. The first-order valence-electron chi connectivity index (χ1n) is 9.61. The Hall–Kier alpha value is -3.49. The quantitative estimate of drug-likeness (QED) is 0.400. The molecule has 0 aliphatic heterocycles. The van der Waals surface area contributed by atoms with Crippen LogP contribution < -0.4 is 4.72 Å². The molecule has 0 aliphatic carbocycles. The predicted molar refractivity (Wildman–Crippen MR) is 124 cm³/mol. The third kappa shape index (κ3) is 3.71. The zero-order chi connectivity index (χ0) is 21.4. The van der Waals surface area contributed by atoms with Gasteiger partial charge in [-0.1, -0.05) is 72.0 Å². The molecule has 0 spiro atoms. The van der Waals surface area contributed by atoms with Crippen LogP contribution in [-0.4, -0.2) is 23.2 Å². The molecule has 0 atom stereocenters. The molecule has 154 valence electrons. The van der Waals surface area contributed by atoms with E-state index in [2.05, 4.69) is 14.8 Å². The Morgan fingerprint density at radius 2 is 1.61 bits per heavy atom. The standard InChI is InChI=1S/C23H18N4O2S2/c1-16-9-8-14-19-21(16)24-23(30-19)26-31(28,29)20-15-27(18-12-6-3-7-13-18)25-22(20)17-10-4-2-5-11-17/h2-15H,1H3,(H,24,26). The Labute approximate surface area is 183 Å². The van der Waals surface area contributed by atoms with Crippen LogP contribution >= 0.6 is 11.3 Å². The van der Waals surface area contributed by atoms with E-state index in [1.807, 2.05) is 85.8 Å². The van der Waals surface area contributed by atoms with Gasteiger partial charge in [0.1, 0.15) is 10.6 Å². The topological polar surface area (TPSA) is 76.9 Å². The first kappa shape index (κ1) is 19.5. The van der Waals surface area contributed by atoms with E-state index >= 15 is 0 Å². The maximum atomic E-state index is 13.4. The fourth-order valence-electron chi connectivity index (χ4n) is 3.36. The van der Waals surface area contributed by atoms with Crippen molar-refractivity contribution in [3.05, 3.63) is 90.6 Å². The average molecular weight is 447 g/mol. The number of thiazole rings is 1. The van der Waals surface area contributed by atoms with E-state index in [-0.39, 0.29) is 4.90 Å². The predicted octanol–water partition coefficient (Wildman–Crippen LogP) is 5.26. The molecule has 1 N–H and O–H groups in total. The highest BCUT2D eigenvalue weighted by Crippen LogP contribution is 2.32. The lowest BCUT2D eigenvalue weighted by atomic mass is 10.2. The van der Waals surface area contributed by atoms with Gasteiger partial charge in [-0.05, 0) is 30.7 Å². The van der Waals surface area contributed by atoms with Crippen molar-refractivity contribution in [3.63, 3.8) is 0 Å². The molecular weight excluding hydrogens is 428 g/mol. The minimum absolute atomic E-state index is 0.0959. The number of nitrogens with zero attached hydrogens (tertiary/aromatic N) is 3. The normalized spacial score (nSPS) is 11.6. The molecule has 5 rings (SSSR count). The van der Waals surface area contributed by atoms with Crippen molar-refractivity contribution in [2.45, 2.75) is 11.8 Å². The highest BCUT2D eigenvalue weighted by molar-refractivity contribution is 7.93. The van der Waals surface area contributed by atoms with Gasteiger partial charge < -0.3 is 0 Å². The molecule has 0 amide bonds. The van der Waals surface area contributed by atoms with Crippen LogP contribution in [-0.2, 0) is 10.0 Å². The fraction of sp³-hybridized carbons (Fsp3) is 0.0435. The fourth-order valence-corrected chi connectivity index (χ4v) is 5.69. The smallest absolute Gasteiger partial charge is 0.254 e. The second-order valence-corrected chi connectivity index (χ2v) is 9.72. The summed E-state index contributed by atoms with van der Waals surface area (Å²) < 4.78 is 32.0. The number of rotatable bonds is 5. The average Bonchev–Trinajstić information content (AvgIpc) is 3.40. The highest BCUT2D eigenvalue weighted by Gasteiger charge is 2.25. The molecule has 0 radical (unpaired) electrons. The van der Waals surface area contributed by atoms with E-state index in [0.29, 0.717) is 10.8 Å².